The number of halogens is 2. The fraction of sp³-hybridized carbons (Fsp3) is 0.0833. The molecule has 0 radical (unpaired) electrons. The molecular formula is C12H10Cl2N2O. The summed E-state index contributed by atoms with van der Waals surface area (Å²) in [6, 6.07) is 8.68. The Morgan fingerprint density at radius 2 is 2.00 bits per heavy atom. The van der Waals surface area contributed by atoms with Crippen molar-refractivity contribution in [3.63, 3.8) is 0 Å². The van der Waals surface area contributed by atoms with E-state index in [-0.39, 0.29) is 0 Å². The summed E-state index contributed by atoms with van der Waals surface area (Å²) in [6.45, 7) is 0.383. The van der Waals surface area contributed by atoms with Crippen LogP contribution in [-0.4, -0.2) is 4.98 Å². The molecule has 3 nitrogen and oxygen atoms in total. The molecule has 2 rings (SSSR count). The highest BCUT2D eigenvalue weighted by molar-refractivity contribution is 6.35. The number of nitrogens with two attached hydrogens (primary N) is 1. The van der Waals surface area contributed by atoms with Crippen LogP contribution in [0.4, 0.5) is 5.82 Å². The number of hydrogen-bond donors (Lipinski definition) is 1. The van der Waals surface area contributed by atoms with E-state index in [9.17, 15) is 0 Å². The second kappa shape index (κ2) is 5.25. The molecule has 17 heavy (non-hydrogen) atoms. The van der Waals surface area contributed by atoms with Crippen LogP contribution in [0.5, 0.6) is 5.75 Å². The first-order chi connectivity index (χ1) is 8.15. The Bertz CT molecular complexity index is 532. The first kappa shape index (κ1) is 12.0. The minimum Gasteiger partial charge on any atom is -0.487 e. The van der Waals surface area contributed by atoms with Crippen LogP contribution in [-0.2, 0) is 6.61 Å². The van der Waals surface area contributed by atoms with E-state index in [0.29, 0.717) is 28.2 Å². The second-order valence-electron chi connectivity index (χ2n) is 3.45. The largest absolute Gasteiger partial charge is 0.487 e. The quantitative estimate of drug-likeness (QED) is 0.926. The van der Waals surface area contributed by atoms with Gasteiger partial charge in [-0.25, -0.2) is 4.98 Å². The molecule has 2 N–H and O–H groups in total. The average Bonchev–Trinajstić information content (AvgIpc) is 2.28. The minimum atomic E-state index is 0.383. The highest BCUT2D eigenvalue weighted by atomic mass is 35.5. The van der Waals surface area contributed by atoms with Crippen molar-refractivity contribution in [1.82, 2.24) is 4.98 Å². The summed E-state index contributed by atoms with van der Waals surface area (Å²) in [5.41, 5.74) is 6.50. The predicted octanol–water partition coefficient (Wildman–Crippen LogP) is 3.55. The molecule has 0 aliphatic heterocycles. The Labute approximate surface area is 109 Å². The van der Waals surface area contributed by atoms with E-state index in [2.05, 4.69) is 4.98 Å². The molecular weight excluding hydrogens is 259 g/mol. The van der Waals surface area contributed by atoms with Gasteiger partial charge in [0.25, 0.3) is 0 Å². The van der Waals surface area contributed by atoms with Crippen LogP contribution in [0.3, 0.4) is 0 Å². The molecule has 0 saturated carbocycles. The van der Waals surface area contributed by atoms with Crippen LogP contribution < -0.4 is 10.5 Å². The van der Waals surface area contributed by atoms with Crippen LogP contribution >= 0.6 is 23.2 Å². The molecule has 1 aromatic carbocycles. The highest BCUT2D eigenvalue weighted by Crippen LogP contribution is 2.28. The number of nitrogen functional groups attached to an aromatic ring is 1. The van der Waals surface area contributed by atoms with Crippen molar-refractivity contribution < 1.29 is 4.74 Å². The lowest BCUT2D eigenvalue weighted by molar-refractivity contribution is 0.306. The zero-order chi connectivity index (χ0) is 12.3. The minimum absolute atomic E-state index is 0.383. The molecule has 0 bridgehead atoms. The van der Waals surface area contributed by atoms with Gasteiger partial charge in [-0.2, -0.15) is 0 Å². The van der Waals surface area contributed by atoms with Gasteiger partial charge in [-0.15, -0.1) is 0 Å². The van der Waals surface area contributed by atoms with Crippen molar-refractivity contribution in [2.75, 3.05) is 5.73 Å². The van der Waals surface area contributed by atoms with Crippen LogP contribution in [0.25, 0.3) is 0 Å². The number of nitrogens with zero attached hydrogens (tertiary/aromatic N) is 1. The summed E-state index contributed by atoms with van der Waals surface area (Å²) in [5.74, 6) is 1.06. The Morgan fingerprint density at radius 1 is 1.18 bits per heavy atom. The molecule has 1 heterocycles. The third kappa shape index (κ3) is 3.25. The van der Waals surface area contributed by atoms with Gasteiger partial charge in [-0.3, -0.25) is 0 Å². The van der Waals surface area contributed by atoms with Gasteiger partial charge >= 0.3 is 0 Å². The third-order valence-corrected chi connectivity index (χ3v) is 2.66. The summed E-state index contributed by atoms with van der Waals surface area (Å²) in [7, 11) is 0. The Hall–Kier alpha value is -1.45. The lowest BCUT2D eigenvalue weighted by Gasteiger charge is -2.08. The first-order valence-electron chi connectivity index (χ1n) is 4.93. The standard InChI is InChI=1S/C12H10Cl2N2O/c13-9-1-2-11(10(14)6-9)17-7-8-3-4-16-12(15)5-8/h1-6H,7H2,(H2,15,16). The van der Waals surface area contributed by atoms with E-state index >= 15 is 0 Å². The van der Waals surface area contributed by atoms with Crippen LogP contribution in [0.1, 0.15) is 5.56 Å². The molecule has 0 aliphatic rings. The summed E-state index contributed by atoms with van der Waals surface area (Å²) < 4.78 is 5.56. The van der Waals surface area contributed by atoms with E-state index in [4.69, 9.17) is 33.7 Å². The second-order valence-corrected chi connectivity index (χ2v) is 4.30. The molecule has 0 spiro atoms. The third-order valence-electron chi connectivity index (χ3n) is 2.13. The molecule has 0 aliphatic carbocycles. The number of rotatable bonds is 3. The maximum atomic E-state index is 5.98. The van der Waals surface area contributed by atoms with Crippen molar-refractivity contribution in [2.45, 2.75) is 6.61 Å². The van der Waals surface area contributed by atoms with E-state index in [1.54, 1.807) is 30.5 Å². The van der Waals surface area contributed by atoms with E-state index in [0.717, 1.165) is 5.56 Å². The number of anilines is 1. The highest BCUT2D eigenvalue weighted by Gasteiger charge is 2.03. The average molecular weight is 269 g/mol. The molecule has 0 saturated heterocycles. The van der Waals surface area contributed by atoms with Crippen LogP contribution in [0.15, 0.2) is 36.5 Å². The van der Waals surface area contributed by atoms with Crippen molar-refractivity contribution >= 4 is 29.0 Å². The molecule has 0 unspecified atom stereocenters. The molecule has 0 amide bonds. The summed E-state index contributed by atoms with van der Waals surface area (Å²) in [5, 5.41) is 1.06. The lowest BCUT2D eigenvalue weighted by Crippen LogP contribution is -1.98. The maximum absolute atomic E-state index is 5.98. The molecule has 0 fully saturated rings. The molecule has 1 aromatic heterocycles. The summed E-state index contributed by atoms with van der Waals surface area (Å²) >= 11 is 11.8. The van der Waals surface area contributed by atoms with Crippen molar-refractivity contribution in [3.05, 3.63) is 52.1 Å². The number of ether oxygens (including phenoxy) is 1. The summed E-state index contributed by atoms with van der Waals surface area (Å²) in [4.78, 5) is 3.90. The van der Waals surface area contributed by atoms with Gasteiger partial charge in [-0.05, 0) is 35.9 Å². The van der Waals surface area contributed by atoms with Gasteiger partial charge in [0.2, 0.25) is 0 Å². The Balaban J connectivity index is 2.07. The Kier molecular flexibility index (Phi) is 3.71. The van der Waals surface area contributed by atoms with Crippen LogP contribution in [0, 0.1) is 0 Å². The number of benzene rings is 1. The smallest absolute Gasteiger partial charge is 0.138 e. The Morgan fingerprint density at radius 3 is 2.71 bits per heavy atom. The number of hydrogen-bond acceptors (Lipinski definition) is 3. The van der Waals surface area contributed by atoms with E-state index in [1.165, 1.54) is 0 Å². The summed E-state index contributed by atoms with van der Waals surface area (Å²) in [6.07, 6.45) is 1.64. The molecule has 0 atom stereocenters. The van der Waals surface area contributed by atoms with Crippen molar-refractivity contribution in [2.24, 2.45) is 0 Å². The van der Waals surface area contributed by atoms with Gasteiger partial charge in [0.15, 0.2) is 0 Å². The van der Waals surface area contributed by atoms with E-state index in [1.807, 2.05) is 6.07 Å². The normalized spacial score (nSPS) is 10.2. The van der Waals surface area contributed by atoms with Crippen LogP contribution in [0.2, 0.25) is 10.0 Å². The number of aromatic nitrogens is 1. The van der Waals surface area contributed by atoms with Gasteiger partial charge in [0.1, 0.15) is 18.2 Å². The first-order valence-corrected chi connectivity index (χ1v) is 5.69. The zero-order valence-electron chi connectivity index (χ0n) is 8.86. The maximum Gasteiger partial charge on any atom is 0.138 e. The molecule has 2 aromatic rings. The van der Waals surface area contributed by atoms with Gasteiger partial charge in [0, 0.05) is 11.2 Å². The topological polar surface area (TPSA) is 48.1 Å². The molecule has 88 valence electrons. The number of pyridine rings is 1. The SMILES string of the molecule is Nc1cc(COc2ccc(Cl)cc2Cl)ccn1. The van der Waals surface area contributed by atoms with Gasteiger partial charge in [0.05, 0.1) is 5.02 Å². The van der Waals surface area contributed by atoms with Crippen molar-refractivity contribution in [1.29, 1.82) is 0 Å². The zero-order valence-corrected chi connectivity index (χ0v) is 10.4. The molecule has 5 heteroatoms. The lowest BCUT2D eigenvalue weighted by atomic mass is 10.3. The van der Waals surface area contributed by atoms with Crippen molar-refractivity contribution in [3.8, 4) is 5.75 Å². The van der Waals surface area contributed by atoms with Gasteiger partial charge in [-0.1, -0.05) is 23.2 Å². The predicted molar refractivity (Wildman–Crippen MR) is 69.4 cm³/mol. The van der Waals surface area contributed by atoms with Gasteiger partial charge < -0.3 is 10.5 Å². The monoisotopic (exact) mass is 268 g/mol. The fourth-order valence-corrected chi connectivity index (χ4v) is 1.80. The fourth-order valence-electron chi connectivity index (χ4n) is 1.34. The van der Waals surface area contributed by atoms with E-state index < -0.39 is 0 Å².